The number of hydrogen-bond acceptors (Lipinski definition) is 7. The quantitative estimate of drug-likeness (QED) is 0.315. The number of aryl methyl sites for hydroxylation is 1. The fourth-order valence-corrected chi connectivity index (χ4v) is 5.00. The first-order valence-corrected chi connectivity index (χ1v) is 14.6. The maximum absolute atomic E-state index is 15.3. The zero-order chi connectivity index (χ0) is 32.0. The number of benzene rings is 1. The average Bonchev–Trinajstić information content (AvgIpc) is 3.59. The van der Waals surface area contributed by atoms with E-state index in [4.69, 9.17) is 4.74 Å². The number of carbonyl (C=O) groups excluding carboxylic acids is 3. The third-order valence-electron chi connectivity index (χ3n) is 7.06. The van der Waals surface area contributed by atoms with Crippen molar-refractivity contribution in [2.45, 2.75) is 64.6 Å². The SMILES string of the molecule is C[C@H](NC(=O)OC(C)(C)C)C(=O)N1CCC[C@@H]1CNC(=O)c1cc(F)c(-c2cnn(C)c2)nc1NCCc1cccc(F)c1. The fourth-order valence-electron chi connectivity index (χ4n) is 5.00. The zero-order valence-corrected chi connectivity index (χ0v) is 25.6. The lowest BCUT2D eigenvalue weighted by Crippen LogP contribution is -2.51. The van der Waals surface area contributed by atoms with Crippen molar-refractivity contribution in [3.05, 3.63) is 65.5 Å². The highest BCUT2D eigenvalue weighted by molar-refractivity contribution is 5.99. The first-order valence-electron chi connectivity index (χ1n) is 14.6. The maximum atomic E-state index is 15.3. The van der Waals surface area contributed by atoms with E-state index in [1.165, 1.54) is 23.0 Å². The van der Waals surface area contributed by atoms with Gasteiger partial charge in [0.1, 0.15) is 29.0 Å². The van der Waals surface area contributed by atoms with E-state index in [0.29, 0.717) is 31.5 Å². The minimum absolute atomic E-state index is 0.00906. The Morgan fingerprint density at radius 1 is 1.18 bits per heavy atom. The minimum Gasteiger partial charge on any atom is -0.444 e. The molecule has 1 fully saturated rings. The number of anilines is 1. The van der Waals surface area contributed by atoms with Gasteiger partial charge in [-0.15, -0.1) is 0 Å². The number of likely N-dealkylation sites (tertiary alicyclic amines) is 1. The zero-order valence-electron chi connectivity index (χ0n) is 25.6. The van der Waals surface area contributed by atoms with Gasteiger partial charge in [-0.1, -0.05) is 12.1 Å². The molecule has 0 saturated carbocycles. The van der Waals surface area contributed by atoms with Crippen molar-refractivity contribution >= 4 is 23.7 Å². The van der Waals surface area contributed by atoms with Crippen molar-refractivity contribution in [1.82, 2.24) is 30.3 Å². The molecule has 3 N–H and O–H groups in total. The number of alkyl carbamates (subject to hydrolysis) is 1. The molecule has 0 radical (unpaired) electrons. The summed E-state index contributed by atoms with van der Waals surface area (Å²) in [6, 6.07) is 6.17. The second kappa shape index (κ2) is 13.8. The highest BCUT2D eigenvalue weighted by Crippen LogP contribution is 2.26. The third-order valence-corrected chi connectivity index (χ3v) is 7.06. The third kappa shape index (κ3) is 8.51. The predicted molar refractivity (Wildman–Crippen MR) is 161 cm³/mol. The van der Waals surface area contributed by atoms with Crippen LogP contribution in [0.5, 0.6) is 0 Å². The first-order chi connectivity index (χ1) is 20.8. The van der Waals surface area contributed by atoms with Gasteiger partial charge in [0.25, 0.3) is 5.91 Å². The molecule has 3 heterocycles. The molecular formula is C31H39F2N7O4. The lowest BCUT2D eigenvalue weighted by Gasteiger charge is -2.28. The van der Waals surface area contributed by atoms with Crippen LogP contribution in [-0.4, -0.2) is 74.9 Å². The van der Waals surface area contributed by atoms with Crippen LogP contribution in [0.3, 0.4) is 0 Å². The standard InChI is InChI=1S/C31H39F2N7O4/c1-19(37-30(43)44-31(2,3)4)29(42)40-13-7-10-23(40)17-35-28(41)24-15-25(33)26(21-16-36-39(5)18-21)38-27(24)34-12-11-20-8-6-9-22(32)14-20/h6,8-9,14-16,18-19,23H,7,10-13,17H2,1-5H3,(H,34,38)(H,35,41)(H,37,43)/t19-,23+/m0/s1. The maximum Gasteiger partial charge on any atom is 0.408 e. The number of nitrogens with one attached hydrogen (secondary N) is 3. The van der Waals surface area contributed by atoms with Gasteiger partial charge in [-0.25, -0.2) is 18.6 Å². The molecule has 0 bridgehead atoms. The Hall–Kier alpha value is -4.55. The number of ether oxygens (including phenoxy) is 1. The lowest BCUT2D eigenvalue weighted by molar-refractivity contribution is -0.133. The summed E-state index contributed by atoms with van der Waals surface area (Å²) in [6.45, 7) is 7.69. The van der Waals surface area contributed by atoms with Crippen LogP contribution in [-0.2, 0) is 23.0 Å². The molecule has 13 heteroatoms. The van der Waals surface area contributed by atoms with E-state index in [1.807, 2.05) is 0 Å². The van der Waals surface area contributed by atoms with Gasteiger partial charge >= 0.3 is 6.09 Å². The summed E-state index contributed by atoms with van der Waals surface area (Å²) in [5, 5.41) is 12.6. The molecule has 1 saturated heterocycles. The van der Waals surface area contributed by atoms with Crippen molar-refractivity contribution < 1.29 is 27.9 Å². The van der Waals surface area contributed by atoms with Crippen LogP contribution in [0.25, 0.3) is 11.3 Å². The van der Waals surface area contributed by atoms with Crippen LogP contribution in [0.4, 0.5) is 19.4 Å². The number of rotatable bonds is 10. The van der Waals surface area contributed by atoms with Crippen molar-refractivity contribution in [2.75, 3.05) is 25.0 Å². The molecule has 0 spiro atoms. The lowest BCUT2D eigenvalue weighted by atomic mass is 10.1. The summed E-state index contributed by atoms with van der Waals surface area (Å²) in [4.78, 5) is 44.8. The van der Waals surface area contributed by atoms with Crippen molar-refractivity contribution in [3.8, 4) is 11.3 Å². The molecule has 2 aromatic heterocycles. The molecule has 4 rings (SSSR count). The Morgan fingerprint density at radius 3 is 2.64 bits per heavy atom. The normalized spacial score (nSPS) is 15.5. The van der Waals surface area contributed by atoms with E-state index in [9.17, 15) is 18.8 Å². The van der Waals surface area contributed by atoms with E-state index >= 15 is 4.39 Å². The summed E-state index contributed by atoms with van der Waals surface area (Å²) in [7, 11) is 1.70. The molecule has 1 aromatic carbocycles. The monoisotopic (exact) mass is 611 g/mol. The Bertz CT molecular complexity index is 1500. The van der Waals surface area contributed by atoms with E-state index in [1.54, 1.807) is 58.0 Å². The number of carbonyl (C=O) groups is 3. The van der Waals surface area contributed by atoms with Gasteiger partial charge in [-0.3, -0.25) is 14.3 Å². The molecule has 0 aliphatic carbocycles. The Morgan fingerprint density at radius 2 is 1.95 bits per heavy atom. The van der Waals surface area contributed by atoms with Crippen molar-refractivity contribution in [1.29, 1.82) is 0 Å². The summed E-state index contributed by atoms with van der Waals surface area (Å²) >= 11 is 0. The summed E-state index contributed by atoms with van der Waals surface area (Å²) in [6.07, 6.45) is 4.22. The summed E-state index contributed by atoms with van der Waals surface area (Å²) in [5.41, 5.74) is 0.511. The Balaban J connectivity index is 1.46. The highest BCUT2D eigenvalue weighted by Gasteiger charge is 2.33. The molecule has 2 atom stereocenters. The number of amides is 3. The van der Waals surface area contributed by atoms with Gasteiger partial charge in [0, 0.05) is 44.5 Å². The molecule has 0 unspecified atom stereocenters. The van der Waals surface area contributed by atoms with Gasteiger partial charge in [0.2, 0.25) is 5.91 Å². The van der Waals surface area contributed by atoms with Gasteiger partial charge in [0.15, 0.2) is 5.82 Å². The van der Waals surface area contributed by atoms with Crippen LogP contribution in [0, 0.1) is 11.6 Å². The van der Waals surface area contributed by atoms with Crippen LogP contribution in [0.15, 0.2) is 42.7 Å². The number of nitrogens with zero attached hydrogens (tertiary/aromatic N) is 4. The highest BCUT2D eigenvalue weighted by atomic mass is 19.1. The van der Waals surface area contributed by atoms with Crippen molar-refractivity contribution in [2.24, 2.45) is 7.05 Å². The van der Waals surface area contributed by atoms with Crippen LogP contribution < -0.4 is 16.0 Å². The van der Waals surface area contributed by atoms with Crippen LogP contribution in [0.2, 0.25) is 0 Å². The molecule has 236 valence electrons. The predicted octanol–water partition coefficient (Wildman–Crippen LogP) is 4.05. The molecule has 44 heavy (non-hydrogen) atoms. The molecule has 1 aliphatic rings. The van der Waals surface area contributed by atoms with Crippen LogP contribution >= 0.6 is 0 Å². The molecular weight excluding hydrogens is 572 g/mol. The number of hydrogen-bond donors (Lipinski definition) is 3. The Kier molecular flexibility index (Phi) is 10.2. The molecule has 11 nitrogen and oxygen atoms in total. The molecule has 3 amide bonds. The smallest absolute Gasteiger partial charge is 0.408 e. The Labute approximate surface area is 255 Å². The van der Waals surface area contributed by atoms with E-state index in [-0.39, 0.29) is 41.4 Å². The number of pyridine rings is 1. The number of halogens is 2. The van der Waals surface area contributed by atoms with E-state index in [2.05, 4.69) is 26.0 Å². The molecule has 1 aliphatic heterocycles. The van der Waals surface area contributed by atoms with E-state index < -0.39 is 29.5 Å². The van der Waals surface area contributed by atoms with Crippen LogP contribution in [0.1, 0.15) is 56.5 Å². The topological polar surface area (TPSA) is 130 Å². The second-order valence-corrected chi connectivity index (χ2v) is 11.8. The van der Waals surface area contributed by atoms with Crippen molar-refractivity contribution in [3.63, 3.8) is 0 Å². The van der Waals surface area contributed by atoms with Gasteiger partial charge in [-0.05, 0) is 70.7 Å². The summed E-state index contributed by atoms with van der Waals surface area (Å²) in [5.74, 6) is -1.74. The summed E-state index contributed by atoms with van der Waals surface area (Å²) < 4.78 is 35.7. The average molecular weight is 612 g/mol. The van der Waals surface area contributed by atoms with Gasteiger partial charge in [0.05, 0.1) is 11.8 Å². The number of aromatic nitrogens is 3. The second-order valence-electron chi connectivity index (χ2n) is 11.8. The van der Waals surface area contributed by atoms with Gasteiger partial charge in [-0.2, -0.15) is 5.10 Å². The van der Waals surface area contributed by atoms with E-state index in [0.717, 1.165) is 18.1 Å². The first kappa shape index (κ1) is 32.4. The van der Waals surface area contributed by atoms with Gasteiger partial charge < -0.3 is 25.6 Å². The fraction of sp³-hybridized carbons (Fsp3) is 0.452. The largest absolute Gasteiger partial charge is 0.444 e. The molecule has 3 aromatic rings. The minimum atomic E-state index is -0.826.